The van der Waals surface area contributed by atoms with Crippen molar-refractivity contribution in [1.82, 2.24) is 0 Å². The third-order valence-corrected chi connectivity index (χ3v) is 5.22. The van der Waals surface area contributed by atoms with E-state index < -0.39 is 5.97 Å². The zero-order chi connectivity index (χ0) is 20.1. The van der Waals surface area contributed by atoms with Crippen LogP contribution in [0.1, 0.15) is 22.5 Å². The minimum atomic E-state index is -0.919. The van der Waals surface area contributed by atoms with E-state index in [1.807, 2.05) is 44.2 Å². The Morgan fingerprint density at radius 1 is 1.11 bits per heavy atom. The zero-order valence-corrected chi connectivity index (χ0v) is 16.5. The average Bonchev–Trinajstić information content (AvgIpc) is 3.03. The molecule has 0 atom stereocenters. The highest BCUT2D eigenvalue weighted by Gasteiger charge is 2.11. The highest BCUT2D eigenvalue weighted by atomic mass is 32.2. The van der Waals surface area contributed by atoms with Crippen molar-refractivity contribution in [3.05, 3.63) is 76.8 Å². The first-order chi connectivity index (χ1) is 13.4. The van der Waals surface area contributed by atoms with Crippen molar-refractivity contribution in [3.63, 3.8) is 0 Å². The van der Waals surface area contributed by atoms with Crippen LogP contribution in [-0.4, -0.2) is 16.8 Å². The van der Waals surface area contributed by atoms with E-state index in [-0.39, 0.29) is 17.3 Å². The summed E-state index contributed by atoms with van der Waals surface area (Å²) >= 11 is 1.15. The lowest BCUT2D eigenvalue weighted by atomic mass is 10.1. The van der Waals surface area contributed by atoms with E-state index in [0.717, 1.165) is 34.4 Å². The maximum absolute atomic E-state index is 13.9. The normalized spacial score (nSPS) is 10.8. The van der Waals surface area contributed by atoms with E-state index in [2.05, 4.69) is 0 Å². The molecule has 1 aromatic heterocycles. The number of carboxylic acids is 1. The summed E-state index contributed by atoms with van der Waals surface area (Å²) in [5, 5.41) is 8.70. The molecule has 3 aromatic rings. The number of hydrogen-bond donors (Lipinski definition) is 1. The highest BCUT2D eigenvalue weighted by Crippen LogP contribution is 2.27. The Morgan fingerprint density at radius 3 is 2.57 bits per heavy atom. The molecule has 1 heterocycles. The van der Waals surface area contributed by atoms with Gasteiger partial charge in [-0.25, -0.2) is 4.39 Å². The van der Waals surface area contributed by atoms with Crippen LogP contribution in [0.5, 0.6) is 5.75 Å². The van der Waals surface area contributed by atoms with Crippen LogP contribution >= 0.6 is 11.8 Å². The third kappa shape index (κ3) is 5.16. The van der Waals surface area contributed by atoms with E-state index in [1.54, 1.807) is 12.1 Å². The predicted octanol–water partition coefficient (Wildman–Crippen LogP) is 5.60. The third-order valence-electron chi connectivity index (χ3n) is 4.25. The number of hydrogen-bond acceptors (Lipinski definition) is 4. The second-order valence-electron chi connectivity index (χ2n) is 6.49. The molecule has 0 saturated heterocycles. The number of carbonyl (C=O) groups is 1. The van der Waals surface area contributed by atoms with Crippen LogP contribution in [0.25, 0.3) is 11.3 Å². The van der Waals surface area contributed by atoms with Crippen LogP contribution in [-0.2, 0) is 17.2 Å². The SMILES string of the molecule is Cc1ccc(-c2cc(COc3ccc(F)c(CSCC(=O)O)c3)c(C)o2)cc1. The van der Waals surface area contributed by atoms with Gasteiger partial charge in [0.1, 0.15) is 29.7 Å². The molecule has 146 valence electrons. The van der Waals surface area contributed by atoms with Crippen LogP contribution in [0.4, 0.5) is 4.39 Å². The summed E-state index contributed by atoms with van der Waals surface area (Å²) in [7, 11) is 0. The first kappa shape index (κ1) is 20.0. The molecule has 0 bridgehead atoms. The summed E-state index contributed by atoms with van der Waals surface area (Å²) < 4.78 is 25.6. The Labute approximate surface area is 167 Å². The summed E-state index contributed by atoms with van der Waals surface area (Å²) in [4.78, 5) is 10.6. The average molecular weight is 400 g/mol. The van der Waals surface area contributed by atoms with Crippen LogP contribution in [0.2, 0.25) is 0 Å². The topological polar surface area (TPSA) is 59.7 Å². The Morgan fingerprint density at radius 2 is 1.86 bits per heavy atom. The summed E-state index contributed by atoms with van der Waals surface area (Å²) in [6, 6.07) is 14.6. The second-order valence-corrected chi connectivity index (χ2v) is 7.47. The molecule has 0 spiro atoms. The first-order valence-electron chi connectivity index (χ1n) is 8.79. The number of benzene rings is 2. The molecule has 0 radical (unpaired) electrons. The van der Waals surface area contributed by atoms with Crippen LogP contribution < -0.4 is 4.74 Å². The predicted molar refractivity (Wildman–Crippen MR) is 108 cm³/mol. The van der Waals surface area contributed by atoms with E-state index in [0.29, 0.717) is 17.9 Å². The van der Waals surface area contributed by atoms with Crippen molar-refractivity contribution in [2.75, 3.05) is 5.75 Å². The van der Waals surface area contributed by atoms with Gasteiger partial charge in [0.25, 0.3) is 0 Å². The minimum absolute atomic E-state index is 0.0689. The van der Waals surface area contributed by atoms with Gasteiger partial charge < -0.3 is 14.3 Å². The molecule has 2 aromatic carbocycles. The molecule has 0 aliphatic rings. The first-order valence-corrected chi connectivity index (χ1v) is 9.95. The van der Waals surface area contributed by atoms with E-state index in [9.17, 15) is 9.18 Å². The van der Waals surface area contributed by atoms with Gasteiger partial charge in [-0.3, -0.25) is 4.79 Å². The fourth-order valence-electron chi connectivity index (χ4n) is 2.68. The molecule has 4 nitrogen and oxygen atoms in total. The molecule has 0 aliphatic heterocycles. The molecular formula is C22H21FO4S. The number of aliphatic carboxylic acids is 1. The van der Waals surface area contributed by atoms with Gasteiger partial charge in [-0.15, -0.1) is 11.8 Å². The lowest BCUT2D eigenvalue weighted by Gasteiger charge is -2.08. The lowest BCUT2D eigenvalue weighted by molar-refractivity contribution is -0.133. The van der Waals surface area contributed by atoms with E-state index in [1.165, 1.54) is 11.6 Å². The molecular weight excluding hydrogens is 379 g/mol. The maximum Gasteiger partial charge on any atom is 0.313 e. The van der Waals surface area contributed by atoms with E-state index in [4.69, 9.17) is 14.3 Å². The largest absolute Gasteiger partial charge is 0.489 e. The smallest absolute Gasteiger partial charge is 0.313 e. The van der Waals surface area contributed by atoms with Gasteiger partial charge in [0.05, 0.1) is 5.75 Å². The fraction of sp³-hybridized carbons (Fsp3) is 0.227. The molecule has 28 heavy (non-hydrogen) atoms. The molecule has 0 aliphatic carbocycles. The van der Waals surface area contributed by atoms with Gasteiger partial charge in [-0.1, -0.05) is 29.8 Å². The van der Waals surface area contributed by atoms with Crippen molar-refractivity contribution in [1.29, 1.82) is 0 Å². The van der Waals surface area contributed by atoms with Gasteiger partial charge >= 0.3 is 5.97 Å². The number of halogens is 1. The number of ether oxygens (including phenoxy) is 1. The number of rotatable bonds is 8. The van der Waals surface area contributed by atoms with Crippen LogP contribution in [0.3, 0.4) is 0 Å². The molecule has 6 heteroatoms. The Bertz CT molecular complexity index is 963. The second kappa shape index (κ2) is 8.97. The molecule has 3 rings (SSSR count). The van der Waals surface area contributed by atoms with Crippen LogP contribution in [0, 0.1) is 19.7 Å². The quantitative estimate of drug-likeness (QED) is 0.533. The van der Waals surface area contributed by atoms with Crippen molar-refractivity contribution in [2.24, 2.45) is 0 Å². The minimum Gasteiger partial charge on any atom is -0.489 e. The Hall–Kier alpha value is -2.73. The van der Waals surface area contributed by atoms with Crippen molar-refractivity contribution in [2.45, 2.75) is 26.2 Å². The standard InChI is InChI=1S/C22H21FO4S/c1-14-3-5-16(6-4-14)21-10-17(15(2)27-21)11-26-19-7-8-20(23)18(9-19)12-28-13-22(24)25/h3-10H,11-13H2,1-2H3,(H,24,25). The number of furan rings is 1. The molecule has 0 unspecified atom stereocenters. The fourth-order valence-corrected chi connectivity index (χ4v) is 3.40. The van der Waals surface area contributed by atoms with Gasteiger partial charge in [-0.05, 0) is 38.1 Å². The maximum atomic E-state index is 13.9. The molecule has 0 fully saturated rings. The highest BCUT2D eigenvalue weighted by molar-refractivity contribution is 7.99. The van der Waals surface area contributed by atoms with Crippen molar-refractivity contribution in [3.8, 4) is 17.1 Å². The Balaban J connectivity index is 1.67. The zero-order valence-electron chi connectivity index (χ0n) is 15.7. The Kier molecular flexibility index (Phi) is 6.41. The summed E-state index contributed by atoms with van der Waals surface area (Å²) in [6.07, 6.45) is 0. The van der Waals surface area contributed by atoms with Crippen LogP contribution in [0.15, 0.2) is 52.9 Å². The van der Waals surface area contributed by atoms with Gasteiger partial charge in [0.2, 0.25) is 0 Å². The van der Waals surface area contributed by atoms with Gasteiger partial charge in [0.15, 0.2) is 0 Å². The molecule has 1 N–H and O–H groups in total. The summed E-state index contributed by atoms with van der Waals surface area (Å²) in [6.45, 7) is 4.22. The molecule has 0 saturated carbocycles. The number of thioether (sulfide) groups is 1. The van der Waals surface area contributed by atoms with Crippen molar-refractivity contribution < 1.29 is 23.4 Å². The van der Waals surface area contributed by atoms with Gasteiger partial charge in [-0.2, -0.15) is 0 Å². The number of carboxylic acid groups (broad SMARTS) is 1. The molecule has 0 amide bonds. The van der Waals surface area contributed by atoms with Gasteiger partial charge in [0, 0.05) is 22.4 Å². The number of aryl methyl sites for hydroxylation is 2. The van der Waals surface area contributed by atoms with Crippen molar-refractivity contribution >= 4 is 17.7 Å². The summed E-state index contributed by atoms with van der Waals surface area (Å²) in [5.74, 6) is 1.00. The summed E-state index contributed by atoms with van der Waals surface area (Å²) in [5.41, 5.74) is 3.53. The lowest BCUT2D eigenvalue weighted by Crippen LogP contribution is -2.00. The van der Waals surface area contributed by atoms with E-state index >= 15 is 0 Å². The monoisotopic (exact) mass is 400 g/mol.